The zero-order chi connectivity index (χ0) is 4.57. The summed E-state index contributed by atoms with van der Waals surface area (Å²) in [5.41, 5.74) is 0. The Kier molecular flexibility index (Phi) is 0.587. The Hall–Kier alpha value is -0.530. The molecule has 1 rings (SSSR count). The second-order valence-corrected chi connectivity index (χ2v) is 1.67. The summed E-state index contributed by atoms with van der Waals surface area (Å²) < 4.78 is 0. The molecular formula is C4H7NO. The van der Waals surface area contributed by atoms with E-state index in [-0.39, 0.29) is 5.91 Å². The van der Waals surface area contributed by atoms with Crippen LogP contribution in [0.1, 0.15) is 13.3 Å². The largest absolute Gasteiger partial charge is 0.353 e. The van der Waals surface area contributed by atoms with Crippen molar-refractivity contribution in [2.75, 3.05) is 0 Å². The van der Waals surface area contributed by atoms with Gasteiger partial charge >= 0.3 is 0 Å². The highest BCUT2D eigenvalue weighted by Gasteiger charge is 2.18. The highest BCUT2D eigenvalue weighted by molar-refractivity contribution is 5.82. The van der Waals surface area contributed by atoms with Crippen molar-refractivity contribution in [2.45, 2.75) is 19.4 Å². The molecule has 1 N–H and O–H groups in total. The summed E-state index contributed by atoms with van der Waals surface area (Å²) in [7, 11) is 0. The summed E-state index contributed by atoms with van der Waals surface area (Å²) in [6, 6.07) is 0.442. The van der Waals surface area contributed by atoms with E-state index in [4.69, 9.17) is 0 Å². The molecule has 1 saturated heterocycles. The van der Waals surface area contributed by atoms with E-state index in [0.717, 1.165) is 6.42 Å². The van der Waals surface area contributed by atoms with Crippen molar-refractivity contribution in [3.05, 3.63) is 0 Å². The Morgan fingerprint density at radius 1 is 2.00 bits per heavy atom. The van der Waals surface area contributed by atoms with Crippen molar-refractivity contribution in [1.29, 1.82) is 0 Å². The number of β-lactam (4-membered cyclic amide) rings is 1. The lowest BCUT2D eigenvalue weighted by Gasteiger charge is -2.21. The van der Waals surface area contributed by atoms with Crippen LogP contribution in [0, 0.1) is 0 Å². The van der Waals surface area contributed by atoms with Crippen LogP contribution in [-0.2, 0) is 4.79 Å². The highest BCUT2D eigenvalue weighted by Crippen LogP contribution is 1.99. The minimum absolute atomic E-state index is 0.183. The third kappa shape index (κ3) is 0.379. The second-order valence-electron chi connectivity index (χ2n) is 1.67. The number of hydrogen-bond acceptors (Lipinski definition) is 1. The van der Waals surface area contributed by atoms with E-state index < -0.39 is 0 Å². The molecule has 0 bridgehead atoms. The van der Waals surface area contributed by atoms with Crippen LogP contribution in [0.2, 0.25) is 0 Å². The summed E-state index contributed by atoms with van der Waals surface area (Å²) in [4.78, 5) is 10.00. The monoisotopic (exact) mass is 85.1 g/mol. The predicted molar refractivity (Wildman–Crippen MR) is 22.2 cm³/mol. The summed E-state index contributed by atoms with van der Waals surface area (Å²) in [5, 5.41) is 2.67. The first-order chi connectivity index (χ1) is 2.79. The fourth-order valence-electron chi connectivity index (χ4n) is 0.532. The lowest BCUT2D eigenvalue weighted by atomic mass is 10.1. The van der Waals surface area contributed by atoms with Crippen molar-refractivity contribution < 1.29 is 4.79 Å². The molecule has 0 aliphatic carbocycles. The average Bonchev–Trinajstić information content (AvgIpc) is 1.33. The molecule has 34 valence electrons. The number of hydrogen-bond donors (Lipinski definition) is 1. The minimum atomic E-state index is 0.183. The van der Waals surface area contributed by atoms with Gasteiger partial charge in [0.05, 0.1) is 0 Å². The van der Waals surface area contributed by atoms with Crippen molar-refractivity contribution in [1.82, 2.24) is 5.32 Å². The van der Waals surface area contributed by atoms with E-state index >= 15 is 0 Å². The molecule has 1 atom stereocenters. The molecule has 1 amide bonds. The van der Waals surface area contributed by atoms with Crippen molar-refractivity contribution >= 4 is 5.91 Å². The quantitative estimate of drug-likeness (QED) is 0.409. The van der Waals surface area contributed by atoms with E-state index in [9.17, 15) is 4.79 Å². The molecule has 0 aromatic carbocycles. The number of carbonyl (C=O) groups excluding carboxylic acids is 1. The van der Waals surface area contributed by atoms with E-state index in [2.05, 4.69) is 5.32 Å². The SMILES string of the molecule is CC1CC(=O)N1. The normalized spacial score (nSPS) is 31.5. The van der Waals surface area contributed by atoms with Gasteiger partial charge in [-0.1, -0.05) is 0 Å². The Labute approximate surface area is 36.5 Å². The average molecular weight is 85.1 g/mol. The standard InChI is InChI=1S/C4H7NO/c1-3-2-4(6)5-3/h3H,2H2,1H3,(H,5,6). The highest BCUT2D eigenvalue weighted by atomic mass is 16.2. The number of nitrogens with one attached hydrogen (secondary N) is 1. The zero-order valence-electron chi connectivity index (χ0n) is 3.69. The topological polar surface area (TPSA) is 29.1 Å². The van der Waals surface area contributed by atoms with Gasteiger partial charge in [0.25, 0.3) is 0 Å². The van der Waals surface area contributed by atoms with Gasteiger partial charge in [-0.15, -0.1) is 0 Å². The van der Waals surface area contributed by atoms with Crippen molar-refractivity contribution in [3.8, 4) is 0 Å². The fourth-order valence-corrected chi connectivity index (χ4v) is 0.532. The maximum Gasteiger partial charge on any atom is 0.222 e. The van der Waals surface area contributed by atoms with Crippen LogP contribution in [0.25, 0.3) is 0 Å². The van der Waals surface area contributed by atoms with E-state index in [0.29, 0.717) is 6.04 Å². The van der Waals surface area contributed by atoms with Gasteiger partial charge in [0, 0.05) is 12.5 Å². The molecule has 0 aromatic rings. The van der Waals surface area contributed by atoms with Gasteiger partial charge in [-0.2, -0.15) is 0 Å². The molecular weight excluding hydrogens is 78.0 g/mol. The third-order valence-electron chi connectivity index (χ3n) is 0.899. The minimum Gasteiger partial charge on any atom is -0.353 e. The number of amides is 1. The third-order valence-corrected chi connectivity index (χ3v) is 0.899. The first-order valence-electron chi connectivity index (χ1n) is 2.08. The Morgan fingerprint density at radius 3 is 2.50 bits per heavy atom. The lowest BCUT2D eigenvalue weighted by molar-refractivity contribution is -0.127. The van der Waals surface area contributed by atoms with Crippen LogP contribution in [0.4, 0.5) is 0 Å². The maximum atomic E-state index is 10.00. The first kappa shape index (κ1) is 3.65. The van der Waals surface area contributed by atoms with Crippen molar-refractivity contribution in [3.63, 3.8) is 0 Å². The van der Waals surface area contributed by atoms with Gasteiger partial charge in [-0.05, 0) is 6.92 Å². The number of rotatable bonds is 0. The maximum absolute atomic E-state index is 10.00. The second kappa shape index (κ2) is 0.965. The van der Waals surface area contributed by atoms with Gasteiger partial charge in [0.15, 0.2) is 0 Å². The molecule has 1 heterocycles. The molecule has 2 nitrogen and oxygen atoms in total. The first-order valence-corrected chi connectivity index (χ1v) is 2.08. The van der Waals surface area contributed by atoms with Gasteiger partial charge in [0.2, 0.25) is 5.91 Å². The van der Waals surface area contributed by atoms with E-state index in [1.165, 1.54) is 0 Å². The molecule has 1 fully saturated rings. The molecule has 0 radical (unpaired) electrons. The predicted octanol–water partition coefficient (Wildman–Crippen LogP) is -0.105. The van der Waals surface area contributed by atoms with Crippen LogP contribution in [0.3, 0.4) is 0 Å². The van der Waals surface area contributed by atoms with Gasteiger partial charge in [0.1, 0.15) is 0 Å². The molecule has 6 heavy (non-hydrogen) atoms. The summed E-state index contributed by atoms with van der Waals surface area (Å²) in [5.74, 6) is 0.183. The Morgan fingerprint density at radius 2 is 2.50 bits per heavy atom. The molecule has 0 saturated carbocycles. The van der Waals surface area contributed by atoms with Gasteiger partial charge in [-0.3, -0.25) is 4.79 Å². The lowest BCUT2D eigenvalue weighted by Crippen LogP contribution is -2.46. The van der Waals surface area contributed by atoms with Gasteiger partial charge < -0.3 is 5.32 Å². The van der Waals surface area contributed by atoms with Gasteiger partial charge in [-0.25, -0.2) is 0 Å². The zero-order valence-corrected chi connectivity index (χ0v) is 3.69. The molecule has 2 heteroatoms. The van der Waals surface area contributed by atoms with Crippen LogP contribution in [0.15, 0.2) is 0 Å². The van der Waals surface area contributed by atoms with Crippen LogP contribution in [0.5, 0.6) is 0 Å². The molecule has 1 aliphatic heterocycles. The fraction of sp³-hybridized carbons (Fsp3) is 0.750. The van der Waals surface area contributed by atoms with Crippen LogP contribution < -0.4 is 5.32 Å². The summed E-state index contributed by atoms with van der Waals surface area (Å²) >= 11 is 0. The summed E-state index contributed by atoms with van der Waals surface area (Å²) in [6.07, 6.45) is 0.722. The van der Waals surface area contributed by atoms with Crippen LogP contribution >= 0.6 is 0 Å². The molecule has 1 aliphatic rings. The number of carbonyl (C=O) groups is 1. The molecule has 0 spiro atoms. The Balaban J connectivity index is 2.28. The molecule has 0 aromatic heterocycles. The molecule has 1 unspecified atom stereocenters. The smallest absolute Gasteiger partial charge is 0.222 e. The van der Waals surface area contributed by atoms with Crippen molar-refractivity contribution in [2.24, 2.45) is 0 Å². The Bertz CT molecular complexity index is 71.6. The van der Waals surface area contributed by atoms with Crippen LogP contribution in [-0.4, -0.2) is 11.9 Å². The van der Waals surface area contributed by atoms with E-state index in [1.807, 2.05) is 6.92 Å². The summed E-state index contributed by atoms with van der Waals surface area (Å²) in [6.45, 7) is 1.99. The van der Waals surface area contributed by atoms with E-state index in [1.54, 1.807) is 0 Å².